The summed E-state index contributed by atoms with van der Waals surface area (Å²) in [5, 5.41) is 5.47. The van der Waals surface area contributed by atoms with Crippen LogP contribution in [0, 0.1) is 0 Å². The summed E-state index contributed by atoms with van der Waals surface area (Å²) in [7, 11) is 0. The van der Waals surface area contributed by atoms with Crippen molar-refractivity contribution in [2.45, 2.75) is 32.9 Å². The average molecular weight is 325 g/mol. The number of carbonyl (C=O) groups excluding carboxylic acids is 2. The first-order chi connectivity index (χ1) is 10.4. The molecule has 22 heavy (non-hydrogen) atoms. The summed E-state index contributed by atoms with van der Waals surface area (Å²) in [6, 6.07) is 3.74. The van der Waals surface area contributed by atoms with Gasteiger partial charge < -0.3 is 15.4 Å². The minimum atomic E-state index is -0.497. The van der Waals surface area contributed by atoms with E-state index in [-0.39, 0.29) is 5.91 Å². The largest absolute Gasteiger partial charge is 0.444 e. The fraction of sp³-hybridized carbons (Fsp3) is 0.533. The van der Waals surface area contributed by atoms with Gasteiger partial charge in [-0.1, -0.05) is 6.07 Å². The Balaban J connectivity index is 2.04. The van der Waals surface area contributed by atoms with Crippen molar-refractivity contribution < 1.29 is 14.3 Å². The highest BCUT2D eigenvalue weighted by atomic mass is 32.2. The zero-order valence-electron chi connectivity index (χ0n) is 13.2. The molecule has 0 aliphatic heterocycles. The Hall–Kier alpha value is -1.76. The summed E-state index contributed by atoms with van der Waals surface area (Å²) in [5.41, 5.74) is 0.469. The van der Waals surface area contributed by atoms with Gasteiger partial charge in [-0.05, 0) is 32.4 Å². The van der Waals surface area contributed by atoms with Gasteiger partial charge in [-0.15, -0.1) is 0 Å². The normalized spacial score (nSPS) is 10.9. The summed E-state index contributed by atoms with van der Waals surface area (Å²) in [5.74, 6) is 0.974. The van der Waals surface area contributed by atoms with Crippen LogP contribution in [0.2, 0.25) is 0 Å². The Morgan fingerprint density at radius 1 is 1.32 bits per heavy atom. The SMILES string of the molecule is CC(C)(C)OC(=O)NCCSCC(=O)NCc1cccnc1. The Kier molecular flexibility index (Phi) is 7.73. The molecule has 2 amide bonds. The van der Waals surface area contributed by atoms with Crippen LogP contribution in [0.25, 0.3) is 0 Å². The van der Waals surface area contributed by atoms with E-state index in [2.05, 4.69) is 15.6 Å². The molecule has 0 bridgehead atoms. The van der Waals surface area contributed by atoms with E-state index < -0.39 is 11.7 Å². The number of ether oxygens (including phenoxy) is 1. The van der Waals surface area contributed by atoms with Crippen LogP contribution in [0.1, 0.15) is 26.3 Å². The maximum Gasteiger partial charge on any atom is 0.407 e. The van der Waals surface area contributed by atoms with E-state index in [1.54, 1.807) is 12.4 Å². The van der Waals surface area contributed by atoms with Crippen molar-refractivity contribution in [2.75, 3.05) is 18.1 Å². The molecular formula is C15H23N3O3S. The first-order valence-corrected chi connectivity index (χ1v) is 8.22. The zero-order chi connectivity index (χ0) is 16.4. The average Bonchev–Trinajstić information content (AvgIpc) is 2.44. The number of alkyl carbamates (subject to hydrolysis) is 1. The van der Waals surface area contributed by atoms with E-state index in [4.69, 9.17) is 4.74 Å². The summed E-state index contributed by atoms with van der Waals surface area (Å²) < 4.78 is 5.11. The molecule has 0 spiro atoms. The smallest absolute Gasteiger partial charge is 0.407 e. The lowest BCUT2D eigenvalue weighted by molar-refractivity contribution is -0.118. The second-order valence-electron chi connectivity index (χ2n) is 5.62. The van der Waals surface area contributed by atoms with Crippen LogP contribution in [0.3, 0.4) is 0 Å². The number of thioether (sulfide) groups is 1. The number of nitrogens with one attached hydrogen (secondary N) is 2. The quantitative estimate of drug-likeness (QED) is 0.749. The van der Waals surface area contributed by atoms with Crippen molar-refractivity contribution in [1.82, 2.24) is 15.6 Å². The first kappa shape index (κ1) is 18.3. The fourth-order valence-corrected chi connectivity index (χ4v) is 2.14. The third-order valence-corrected chi connectivity index (χ3v) is 3.32. The molecule has 0 saturated carbocycles. The van der Waals surface area contributed by atoms with E-state index in [0.29, 0.717) is 24.6 Å². The molecule has 1 heterocycles. The van der Waals surface area contributed by atoms with Gasteiger partial charge >= 0.3 is 6.09 Å². The maximum absolute atomic E-state index is 11.6. The van der Waals surface area contributed by atoms with E-state index in [1.807, 2.05) is 32.9 Å². The van der Waals surface area contributed by atoms with Crippen molar-refractivity contribution in [3.8, 4) is 0 Å². The van der Waals surface area contributed by atoms with Crippen LogP contribution >= 0.6 is 11.8 Å². The number of pyridine rings is 1. The zero-order valence-corrected chi connectivity index (χ0v) is 14.0. The molecule has 0 radical (unpaired) electrons. The van der Waals surface area contributed by atoms with Gasteiger partial charge in [0.25, 0.3) is 0 Å². The summed E-state index contributed by atoms with van der Waals surface area (Å²) in [6.07, 6.45) is 2.98. The van der Waals surface area contributed by atoms with Crippen LogP contribution in [0.4, 0.5) is 4.79 Å². The second kappa shape index (κ2) is 9.30. The van der Waals surface area contributed by atoms with Crippen LogP contribution in [-0.4, -0.2) is 40.6 Å². The number of amides is 2. The number of aromatic nitrogens is 1. The minimum absolute atomic E-state index is 0.0360. The van der Waals surface area contributed by atoms with E-state index in [0.717, 1.165) is 5.56 Å². The maximum atomic E-state index is 11.6. The molecule has 0 aromatic carbocycles. The molecule has 1 aromatic heterocycles. The lowest BCUT2D eigenvalue weighted by atomic mass is 10.2. The van der Waals surface area contributed by atoms with Gasteiger partial charge in [0.2, 0.25) is 5.91 Å². The van der Waals surface area contributed by atoms with Crippen molar-refractivity contribution in [3.63, 3.8) is 0 Å². The molecule has 122 valence electrons. The summed E-state index contributed by atoms with van der Waals surface area (Å²) in [6.45, 7) is 6.38. The van der Waals surface area contributed by atoms with Gasteiger partial charge in [0.05, 0.1) is 5.75 Å². The predicted octanol–water partition coefficient (Wildman–Crippen LogP) is 1.96. The highest BCUT2D eigenvalue weighted by molar-refractivity contribution is 7.99. The third-order valence-electron chi connectivity index (χ3n) is 2.36. The van der Waals surface area contributed by atoms with Gasteiger partial charge in [-0.3, -0.25) is 9.78 Å². The number of carbonyl (C=O) groups is 2. The number of rotatable bonds is 7. The van der Waals surface area contributed by atoms with Crippen molar-refractivity contribution >= 4 is 23.8 Å². The molecule has 0 unspecified atom stereocenters. The van der Waals surface area contributed by atoms with Gasteiger partial charge in [0.15, 0.2) is 0 Å². The second-order valence-corrected chi connectivity index (χ2v) is 6.72. The molecule has 2 N–H and O–H groups in total. The van der Waals surface area contributed by atoms with Crippen molar-refractivity contribution in [3.05, 3.63) is 30.1 Å². The first-order valence-electron chi connectivity index (χ1n) is 7.07. The highest BCUT2D eigenvalue weighted by Gasteiger charge is 2.15. The van der Waals surface area contributed by atoms with Gasteiger partial charge in [0, 0.05) is 31.2 Å². The summed E-state index contributed by atoms with van der Waals surface area (Å²) in [4.78, 5) is 27.0. The highest BCUT2D eigenvalue weighted by Crippen LogP contribution is 2.06. The number of nitrogens with zero attached hydrogens (tertiary/aromatic N) is 1. The molecule has 7 heteroatoms. The van der Waals surface area contributed by atoms with Gasteiger partial charge in [-0.25, -0.2) is 4.79 Å². The van der Waals surface area contributed by atoms with Crippen LogP contribution in [0.5, 0.6) is 0 Å². The minimum Gasteiger partial charge on any atom is -0.444 e. The third kappa shape index (κ3) is 9.23. The van der Waals surface area contributed by atoms with Crippen LogP contribution in [0.15, 0.2) is 24.5 Å². The lowest BCUT2D eigenvalue weighted by Crippen LogP contribution is -2.33. The van der Waals surface area contributed by atoms with Crippen molar-refractivity contribution in [1.29, 1.82) is 0 Å². The molecule has 1 rings (SSSR count). The van der Waals surface area contributed by atoms with Crippen LogP contribution in [-0.2, 0) is 16.1 Å². The topological polar surface area (TPSA) is 80.3 Å². The molecule has 0 aliphatic rings. The Morgan fingerprint density at radius 3 is 2.73 bits per heavy atom. The Morgan fingerprint density at radius 2 is 2.09 bits per heavy atom. The van der Waals surface area contributed by atoms with Gasteiger partial charge in [-0.2, -0.15) is 11.8 Å². The molecule has 0 saturated heterocycles. The molecule has 6 nitrogen and oxygen atoms in total. The van der Waals surface area contributed by atoms with E-state index in [9.17, 15) is 9.59 Å². The monoisotopic (exact) mass is 325 g/mol. The molecule has 0 atom stereocenters. The summed E-state index contributed by atoms with van der Waals surface area (Å²) >= 11 is 1.46. The predicted molar refractivity (Wildman–Crippen MR) is 87.6 cm³/mol. The van der Waals surface area contributed by atoms with E-state index >= 15 is 0 Å². The fourth-order valence-electron chi connectivity index (χ4n) is 1.46. The molecule has 0 aliphatic carbocycles. The molecule has 1 aromatic rings. The molecule has 0 fully saturated rings. The number of hydrogen-bond acceptors (Lipinski definition) is 5. The Bertz CT molecular complexity index is 475. The lowest BCUT2D eigenvalue weighted by Gasteiger charge is -2.19. The number of hydrogen-bond donors (Lipinski definition) is 2. The Labute approximate surface area is 135 Å². The van der Waals surface area contributed by atoms with Crippen LogP contribution < -0.4 is 10.6 Å². The van der Waals surface area contributed by atoms with Gasteiger partial charge in [0.1, 0.15) is 5.60 Å². The standard InChI is InChI=1S/C15H23N3O3S/c1-15(2,3)21-14(20)17-7-8-22-11-13(19)18-10-12-5-4-6-16-9-12/h4-6,9H,7-8,10-11H2,1-3H3,(H,17,20)(H,18,19). The van der Waals surface area contributed by atoms with E-state index in [1.165, 1.54) is 11.8 Å². The van der Waals surface area contributed by atoms with Crippen molar-refractivity contribution in [2.24, 2.45) is 0 Å². The molecular weight excluding hydrogens is 302 g/mol.